The first-order valence-corrected chi connectivity index (χ1v) is 8.82. The van der Waals surface area contributed by atoms with Crippen molar-refractivity contribution in [1.82, 2.24) is 15.5 Å². The molecule has 1 atom stereocenters. The fourth-order valence-electron chi connectivity index (χ4n) is 2.02. The molecule has 25 heavy (non-hydrogen) atoms. The molecule has 0 radical (unpaired) electrons. The summed E-state index contributed by atoms with van der Waals surface area (Å²) in [7, 11) is 0. The summed E-state index contributed by atoms with van der Waals surface area (Å²) in [5.41, 5.74) is 0.346. The molecule has 3 N–H and O–H groups in total. The number of rotatable bonds is 5. The topological polar surface area (TPSA) is 96.1 Å². The molecule has 1 aromatic heterocycles. The van der Waals surface area contributed by atoms with Crippen LogP contribution in [0.15, 0.2) is 30.3 Å². The van der Waals surface area contributed by atoms with Crippen molar-refractivity contribution >= 4 is 40.7 Å². The van der Waals surface area contributed by atoms with Crippen LogP contribution in [0.1, 0.15) is 26.3 Å². The summed E-state index contributed by atoms with van der Waals surface area (Å²) in [6.45, 7) is 5.68. The number of nitrogens with one attached hydrogen (secondary N) is 3. The van der Waals surface area contributed by atoms with Crippen LogP contribution in [0.25, 0.3) is 0 Å². The summed E-state index contributed by atoms with van der Waals surface area (Å²) in [6, 6.07) is 8.52. The third-order valence-corrected chi connectivity index (χ3v) is 4.28. The maximum atomic E-state index is 12.5. The van der Waals surface area contributed by atoms with Crippen LogP contribution in [0.2, 0.25) is 0 Å². The van der Waals surface area contributed by atoms with Gasteiger partial charge in [0.1, 0.15) is 12.6 Å². The molecule has 0 aliphatic rings. The first-order valence-electron chi connectivity index (χ1n) is 7.59. The van der Waals surface area contributed by atoms with Crippen molar-refractivity contribution in [3.63, 3.8) is 0 Å². The lowest BCUT2D eigenvalue weighted by Gasteiger charge is -2.29. The minimum atomic E-state index is -0.798. The van der Waals surface area contributed by atoms with Crippen LogP contribution >= 0.6 is 23.6 Å². The molecule has 2 amide bonds. The number of H-pyrrole nitrogens is 1. The summed E-state index contributed by atoms with van der Waals surface area (Å²) in [5.74, 6) is -0.387. The number of aromatic nitrogens is 2. The van der Waals surface area contributed by atoms with E-state index in [1.165, 1.54) is 0 Å². The Morgan fingerprint density at radius 3 is 2.56 bits per heavy atom. The maximum Gasteiger partial charge on any atom is 0.408 e. The summed E-state index contributed by atoms with van der Waals surface area (Å²) in [4.78, 5) is 24.6. The van der Waals surface area contributed by atoms with Crippen molar-refractivity contribution in [2.24, 2.45) is 5.41 Å². The molecule has 1 heterocycles. The SMILES string of the molecule is CC(C)(C)[C@H](NC(=O)OCc1ccccc1)C(=O)Nc1n[nH]c(=S)s1. The molecule has 1 aromatic carbocycles. The number of carbonyl (C=O) groups excluding carboxylic acids is 2. The monoisotopic (exact) mass is 380 g/mol. The summed E-state index contributed by atoms with van der Waals surface area (Å²) < 4.78 is 5.65. The number of ether oxygens (including phenoxy) is 1. The number of aromatic amines is 1. The highest BCUT2D eigenvalue weighted by Crippen LogP contribution is 2.22. The molecule has 0 spiro atoms. The summed E-state index contributed by atoms with van der Waals surface area (Å²) in [6.07, 6.45) is -0.659. The maximum absolute atomic E-state index is 12.5. The van der Waals surface area contributed by atoms with Gasteiger partial charge in [0, 0.05) is 0 Å². The lowest BCUT2D eigenvalue weighted by Crippen LogP contribution is -2.51. The van der Waals surface area contributed by atoms with Crippen LogP contribution < -0.4 is 10.6 Å². The number of anilines is 1. The van der Waals surface area contributed by atoms with Gasteiger partial charge in [-0.05, 0) is 23.2 Å². The van der Waals surface area contributed by atoms with E-state index in [0.717, 1.165) is 16.9 Å². The second kappa shape index (κ2) is 8.21. The first kappa shape index (κ1) is 19.1. The zero-order valence-corrected chi connectivity index (χ0v) is 15.8. The quantitative estimate of drug-likeness (QED) is 0.690. The zero-order valence-electron chi connectivity index (χ0n) is 14.2. The Hall–Kier alpha value is -2.26. The van der Waals surface area contributed by atoms with Crippen LogP contribution in [-0.2, 0) is 16.1 Å². The van der Waals surface area contributed by atoms with Crippen LogP contribution in [-0.4, -0.2) is 28.2 Å². The van der Waals surface area contributed by atoms with Crippen molar-refractivity contribution in [1.29, 1.82) is 0 Å². The smallest absolute Gasteiger partial charge is 0.408 e. The first-order chi connectivity index (χ1) is 11.8. The van der Waals surface area contributed by atoms with Gasteiger partial charge in [0.05, 0.1) is 0 Å². The number of benzene rings is 1. The molecule has 0 fully saturated rings. The molecule has 2 aromatic rings. The Balaban J connectivity index is 1.98. The van der Waals surface area contributed by atoms with Crippen molar-refractivity contribution < 1.29 is 14.3 Å². The number of nitrogens with zero attached hydrogens (tertiary/aromatic N) is 1. The summed E-state index contributed by atoms with van der Waals surface area (Å²) >= 11 is 6.08. The molecular formula is C16H20N4O3S2. The van der Waals surface area contributed by atoms with E-state index in [4.69, 9.17) is 17.0 Å². The van der Waals surface area contributed by atoms with E-state index in [-0.39, 0.29) is 12.5 Å². The molecule has 134 valence electrons. The van der Waals surface area contributed by atoms with E-state index in [0.29, 0.717) is 9.09 Å². The predicted octanol–water partition coefficient (Wildman–Crippen LogP) is 3.48. The average Bonchev–Trinajstić information content (AvgIpc) is 2.95. The van der Waals surface area contributed by atoms with Gasteiger partial charge in [-0.3, -0.25) is 15.2 Å². The minimum Gasteiger partial charge on any atom is -0.445 e. The molecule has 0 aliphatic heterocycles. The molecule has 9 heteroatoms. The molecular weight excluding hydrogens is 360 g/mol. The third-order valence-electron chi connectivity index (χ3n) is 3.27. The molecule has 0 saturated carbocycles. The number of amides is 2. The fourth-order valence-corrected chi connectivity index (χ4v) is 2.81. The van der Waals surface area contributed by atoms with E-state index in [9.17, 15) is 9.59 Å². The van der Waals surface area contributed by atoms with Gasteiger partial charge in [-0.2, -0.15) is 0 Å². The van der Waals surface area contributed by atoms with Crippen molar-refractivity contribution in [3.8, 4) is 0 Å². The Labute approximate surface area is 154 Å². The number of hydrogen-bond donors (Lipinski definition) is 3. The Morgan fingerprint density at radius 2 is 2.00 bits per heavy atom. The standard InChI is InChI=1S/C16H20N4O3S2/c1-16(2,3)11(12(21)18-13-19-20-15(24)25-13)17-14(22)23-9-10-7-5-4-6-8-10/h4-8,11H,9H2,1-3H3,(H,17,22)(H,20,24)(H,18,19,21)/t11-/m1/s1. The largest absolute Gasteiger partial charge is 0.445 e. The number of carbonyl (C=O) groups is 2. The van der Waals surface area contributed by atoms with Gasteiger partial charge in [-0.1, -0.05) is 62.4 Å². The molecule has 2 rings (SSSR count). The van der Waals surface area contributed by atoms with Crippen LogP contribution in [0.3, 0.4) is 0 Å². The highest BCUT2D eigenvalue weighted by atomic mass is 32.1. The Morgan fingerprint density at radius 1 is 1.32 bits per heavy atom. The van der Waals surface area contributed by atoms with E-state index < -0.39 is 17.6 Å². The molecule has 7 nitrogen and oxygen atoms in total. The second-order valence-electron chi connectivity index (χ2n) is 6.41. The van der Waals surface area contributed by atoms with Crippen LogP contribution in [0, 0.1) is 9.37 Å². The van der Waals surface area contributed by atoms with Gasteiger partial charge in [-0.15, -0.1) is 5.10 Å². The number of alkyl carbamates (subject to hydrolysis) is 1. The molecule has 0 bridgehead atoms. The van der Waals surface area contributed by atoms with Gasteiger partial charge in [0.15, 0.2) is 3.95 Å². The van der Waals surface area contributed by atoms with Gasteiger partial charge in [-0.25, -0.2) is 4.79 Å². The Bertz CT molecular complexity index is 780. The van der Waals surface area contributed by atoms with E-state index in [1.54, 1.807) is 0 Å². The average molecular weight is 380 g/mol. The highest BCUT2D eigenvalue weighted by Gasteiger charge is 2.33. The van der Waals surface area contributed by atoms with Gasteiger partial charge in [0.2, 0.25) is 11.0 Å². The van der Waals surface area contributed by atoms with Crippen molar-refractivity contribution in [2.75, 3.05) is 5.32 Å². The van der Waals surface area contributed by atoms with Crippen molar-refractivity contribution in [3.05, 3.63) is 39.8 Å². The normalized spacial score (nSPS) is 12.3. The fraction of sp³-hybridized carbons (Fsp3) is 0.375. The van der Waals surface area contributed by atoms with E-state index in [2.05, 4.69) is 20.8 Å². The van der Waals surface area contributed by atoms with Crippen LogP contribution in [0.4, 0.5) is 9.93 Å². The van der Waals surface area contributed by atoms with Crippen LogP contribution in [0.5, 0.6) is 0 Å². The highest BCUT2D eigenvalue weighted by molar-refractivity contribution is 7.73. The second-order valence-corrected chi connectivity index (χ2v) is 8.08. The molecule has 0 aliphatic carbocycles. The van der Waals surface area contributed by atoms with E-state index in [1.807, 2.05) is 51.1 Å². The molecule has 0 saturated heterocycles. The summed E-state index contributed by atoms with van der Waals surface area (Å²) in [5, 5.41) is 12.1. The van der Waals surface area contributed by atoms with E-state index >= 15 is 0 Å². The lowest BCUT2D eigenvalue weighted by molar-refractivity contribution is -0.120. The number of hydrogen-bond acceptors (Lipinski definition) is 6. The van der Waals surface area contributed by atoms with Gasteiger partial charge < -0.3 is 10.1 Å². The van der Waals surface area contributed by atoms with Gasteiger partial charge >= 0.3 is 6.09 Å². The zero-order chi connectivity index (χ0) is 18.4. The van der Waals surface area contributed by atoms with Crippen molar-refractivity contribution in [2.45, 2.75) is 33.4 Å². The van der Waals surface area contributed by atoms with Gasteiger partial charge in [0.25, 0.3) is 0 Å². The molecule has 0 unspecified atom stereocenters. The lowest BCUT2D eigenvalue weighted by atomic mass is 9.86. The third kappa shape index (κ3) is 5.95. The minimum absolute atomic E-state index is 0.131. The predicted molar refractivity (Wildman–Crippen MR) is 98.9 cm³/mol. The Kier molecular flexibility index (Phi) is 6.27.